The standard InChI is InChI=1S/C20H22O5/c1-3-24-18-10-5-4-8-16(18)11-12-19(21)25-14-15-7-6-9-17(13-15)20(22)23-2/h4-10,13H,3,11-12,14H2,1-2H3. The minimum absolute atomic E-state index is 0.122. The first-order valence-corrected chi connectivity index (χ1v) is 8.17. The van der Waals surface area contributed by atoms with Crippen LogP contribution in [0.2, 0.25) is 0 Å². The average Bonchev–Trinajstić information content (AvgIpc) is 2.65. The molecule has 25 heavy (non-hydrogen) atoms. The molecule has 0 unspecified atom stereocenters. The van der Waals surface area contributed by atoms with Gasteiger partial charge in [-0.3, -0.25) is 4.79 Å². The Kier molecular flexibility index (Phi) is 7.01. The highest BCUT2D eigenvalue weighted by Gasteiger charge is 2.09. The van der Waals surface area contributed by atoms with Gasteiger partial charge in [-0.25, -0.2) is 4.79 Å². The van der Waals surface area contributed by atoms with Gasteiger partial charge in [0.15, 0.2) is 0 Å². The van der Waals surface area contributed by atoms with Crippen molar-refractivity contribution >= 4 is 11.9 Å². The van der Waals surface area contributed by atoms with Crippen LogP contribution in [0.25, 0.3) is 0 Å². The Morgan fingerprint density at radius 2 is 1.84 bits per heavy atom. The first-order chi connectivity index (χ1) is 12.1. The third-order valence-corrected chi connectivity index (χ3v) is 3.62. The summed E-state index contributed by atoms with van der Waals surface area (Å²) >= 11 is 0. The maximum absolute atomic E-state index is 12.0. The number of ether oxygens (including phenoxy) is 3. The Hall–Kier alpha value is -2.82. The molecule has 0 aromatic heterocycles. The first-order valence-electron chi connectivity index (χ1n) is 8.17. The van der Waals surface area contributed by atoms with E-state index in [0.717, 1.165) is 16.9 Å². The molecule has 0 N–H and O–H groups in total. The van der Waals surface area contributed by atoms with Gasteiger partial charge in [-0.05, 0) is 42.7 Å². The molecule has 0 spiro atoms. The SMILES string of the molecule is CCOc1ccccc1CCC(=O)OCc1cccc(C(=O)OC)c1. The smallest absolute Gasteiger partial charge is 0.337 e. The molecule has 0 fully saturated rings. The second-order valence-corrected chi connectivity index (χ2v) is 5.39. The van der Waals surface area contributed by atoms with Crippen LogP contribution < -0.4 is 4.74 Å². The molecular weight excluding hydrogens is 320 g/mol. The summed E-state index contributed by atoms with van der Waals surface area (Å²) in [5, 5.41) is 0. The van der Waals surface area contributed by atoms with Gasteiger partial charge in [0.2, 0.25) is 0 Å². The van der Waals surface area contributed by atoms with E-state index < -0.39 is 5.97 Å². The maximum Gasteiger partial charge on any atom is 0.337 e. The van der Waals surface area contributed by atoms with Gasteiger partial charge in [0.25, 0.3) is 0 Å². The topological polar surface area (TPSA) is 61.8 Å². The van der Waals surface area contributed by atoms with Crippen molar-refractivity contribution in [2.24, 2.45) is 0 Å². The molecule has 0 radical (unpaired) electrons. The van der Waals surface area contributed by atoms with Crippen molar-refractivity contribution < 1.29 is 23.8 Å². The van der Waals surface area contributed by atoms with E-state index in [1.165, 1.54) is 7.11 Å². The van der Waals surface area contributed by atoms with Crippen molar-refractivity contribution in [3.05, 3.63) is 65.2 Å². The lowest BCUT2D eigenvalue weighted by Crippen LogP contribution is -2.08. The van der Waals surface area contributed by atoms with Crippen molar-refractivity contribution in [1.82, 2.24) is 0 Å². The molecule has 0 aliphatic carbocycles. The van der Waals surface area contributed by atoms with Crippen LogP contribution in [0.3, 0.4) is 0 Å². The monoisotopic (exact) mass is 342 g/mol. The van der Waals surface area contributed by atoms with E-state index in [0.29, 0.717) is 18.6 Å². The number of hydrogen-bond donors (Lipinski definition) is 0. The van der Waals surface area contributed by atoms with Gasteiger partial charge in [0.05, 0.1) is 19.3 Å². The summed E-state index contributed by atoms with van der Waals surface area (Å²) in [5.41, 5.74) is 2.15. The molecule has 0 aliphatic rings. The fourth-order valence-corrected chi connectivity index (χ4v) is 2.39. The lowest BCUT2D eigenvalue weighted by Gasteiger charge is -2.10. The van der Waals surface area contributed by atoms with Crippen molar-refractivity contribution in [3.8, 4) is 5.75 Å². The van der Waals surface area contributed by atoms with E-state index in [2.05, 4.69) is 4.74 Å². The number of benzene rings is 2. The van der Waals surface area contributed by atoms with E-state index in [9.17, 15) is 9.59 Å². The second kappa shape index (κ2) is 9.47. The fraction of sp³-hybridized carbons (Fsp3) is 0.300. The van der Waals surface area contributed by atoms with Gasteiger partial charge >= 0.3 is 11.9 Å². The van der Waals surface area contributed by atoms with Crippen molar-refractivity contribution in [3.63, 3.8) is 0 Å². The summed E-state index contributed by atoms with van der Waals surface area (Å²) < 4.78 is 15.5. The highest BCUT2D eigenvalue weighted by Crippen LogP contribution is 2.19. The molecule has 2 aromatic carbocycles. The molecule has 0 bridgehead atoms. The van der Waals surface area contributed by atoms with Crippen LogP contribution in [0.15, 0.2) is 48.5 Å². The van der Waals surface area contributed by atoms with E-state index in [1.54, 1.807) is 24.3 Å². The number of esters is 2. The molecular formula is C20H22O5. The highest BCUT2D eigenvalue weighted by molar-refractivity contribution is 5.89. The predicted octanol–water partition coefficient (Wildman–Crippen LogP) is 3.55. The number of methoxy groups -OCH3 is 1. The van der Waals surface area contributed by atoms with Crippen molar-refractivity contribution in [2.45, 2.75) is 26.4 Å². The van der Waals surface area contributed by atoms with Crippen LogP contribution in [0.4, 0.5) is 0 Å². The summed E-state index contributed by atoms with van der Waals surface area (Å²) in [6.45, 7) is 2.63. The molecule has 0 saturated carbocycles. The third-order valence-electron chi connectivity index (χ3n) is 3.62. The van der Waals surface area contributed by atoms with Crippen LogP contribution >= 0.6 is 0 Å². The normalized spacial score (nSPS) is 10.2. The zero-order valence-electron chi connectivity index (χ0n) is 14.5. The van der Waals surface area contributed by atoms with Gasteiger partial charge in [0.1, 0.15) is 12.4 Å². The Bertz CT molecular complexity index is 724. The van der Waals surface area contributed by atoms with Crippen molar-refractivity contribution in [2.75, 3.05) is 13.7 Å². The Balaban J connectivity index is 1.86. The van der Waals surface area contributed by atoms with Crippen LogP contribution in [-0.4, -0.2) is 25.7 Å². The quantitative estimate of drug-likeness (QED) is 0.687. The molecule has 0 saturated heterocycles. The summed E-state index contributed by atoms with van der Waals surface area (Å²) in [6.07, 6.45) is 0.817. The third kappa shape index (κ3) is 5.64. The number of carbonyl (C=O) groups excluding carboxylic acids is 2. The number of hydrogen-bond acceptors (Lipinski definition) is 5. The minimum Gasteiger partial charge on any atom is -0.494 e. The highest BCUT2D eigenvalue weighted by atomic mass is 16.5. The average molecular weight is 342 g/mol. The number of aryl methyl sites for hydroxylation is 1. The number of para-hydroxylation sites is 1. The van der Waals surface area contributed by atoms with Crippen LogP contribution in [0.1, 0.15) is 34.8 Å². The summed E-state index contributed by atoms with van der Waals surface area (Å²) in [4.78, 5) is 23.5. The lowest BCUT2D eigenvalue weighted by atomic mass is 10.1. The van der Waals surface area contributed by atoms with Gasteiger partial charge in [-0.2, -0.15) is 0 Å². The minimum atomic E-state index is -0.416. The number of rotatable bonds is 8. The largest absolute Gasteiger partial charge is 0.494 e. The van der Waals surface area contributed by atoms with Gasteiger partial charge in [-0.15, -0.1) is 0 Å². The van der Waals surface area contributed by atoms with E-state index in [4.69, 9.17) is 9.47 Å². The second-order valence-electron chi connectivity index (χ2n) is 5.39. The van der Waals surface area contributed by atoms with Gasteiger partial charge in [-0.1, -0.05) is 30.3 Å². The Labute approximate surface area is 147 Å². The molecule has 0 amide bonds. The van der Waals surface area contributed by atoms with E-state index >= 15 is 0 Å². The summed E-state index contributed by atoms with van der Waals surface area (Å²) in [6, 6.07) is 14.5. The lowest BCUT2D eigenvalue weighted by molar-refractivity contribution is -0.144. The van der Waals surface area contributed by atoms with Gasteiger partial charge < -0.3 is 14.2 Å². The molecule has 0 atom stereocenters. The van der Waals surface area contributed by atoms with Crippen molar-refractivity contribution in [1.29, 1.82) is 0 Å². The van der Waals surface area contributed by atoms with Gasteiger partial charge in [0, 0.05) is 6.42 Å². The maximum atomic E-state index is 12.0. The zero-order valence-corrected chi connectivity index (χ0v) is 14.5. The molecule has 2 rings (SSSR count). The van der Waals surface area contributed by atoms with E-state index in [1.807, 2.05) is 31.2 Å². The van der Waals surface area contributed by atoms with Crippen LogP contribution in [0, 0.1) is 0 Å². The van der Waals surface area contributed by atoms with E-state index in [-0.39, 0.29) is 19.0 Å². The summed E-state index contributed by atoms with van der Waals surface area (Å²) in [7, 11) is 1.33. The number of carbonyl (C=O) groups is 2. The first kappa shape index (κ1) is 18.5. The Morgan fingerprint density at radius 1 is 1.04 bits per heavy atom. The molecule has 2 aromatic rings. The molecule has 0 aliphatic heterocycles. The molecule has 0 heterocycles. The van der Waals surface area contributed by atoms with Crippen LogP contribution in [0.5, 0.6) is 5.75 Å². The fourth-order valence-electron chi connectivity index (χ4n) is 2.39. The molecule has 132 valence electrons. The molecule has 5 nitrogen and oxygen atoms in total. The summed E-state index contributed by atoms with van der Waals surface area (Å²) in [5.74, 6) is 0.0825. The Morgan fingerprint density at radius 3 is 2.60 bits per heavy atom. The predicted molar refractivity (Wildman–Crippen MR) is 93.5 cm³/mol. The molecule has 5 heteroatoms. The zero-order chi connectivity index (χ0) is 18.1. The van der Waals surface area contributed by atoms with Crippen LogP contribution in [-0.2, 0) is 27.3 Å².